The van der Waals surface area contributed by atoms with E-state index in [1.807, 2.05) is 31.2 Å². The molecule has 3 heterocycles. The molecule has 3 aromatic rings. The van der Waals surface area contributed by atoms with Crippen LogP contribution in [0.15, 0.2) is 30.6 Å². The topological polar surface area (TPSA) is 158 Å². The quantitative estimate of drug-likeness (QED) is 0.307. The minimum Gasteiger partial charge on any atom is -0.388 e. The van der Waals surface area contributed by atoms with Crippen molar-refractivity contribution in [2.45, 2.75) is 44.3 Å². The highest BCUT2D eigenvalue weighted by atomic mass is 16.6. The van der Waals surface area contributed by atoms with E-state index in [4.69, 9.17) is 15.3 Å². The number of carbonyl (C=O) groups is 1. The number of nitrogens with one attached hydrogen (secondary N) is 1. The van der Waals surface area contributed by atoms with Crippen LogP contribution in [0.2, 0.25) is 0 Å². The van der Waals surface area contributed by atoms with E-state index in [1.165, 1.54) is 18.0 Å². The number of rotatable bonds is 6. The third-order valence-electron chi connectivity index (χ3n) is 5.28. The summed E-state index contributed by atoms with van der Waals surface area (Å²) in [6, 6.07) is 7.71. The number of primary amides is 1. The molecular weight excluding hydrogens is 428 g/mol. The van der Waals surface area contributed by atoms with Gasteiger partial charge in [0.05, 0.1) is 19.5 Å². The van der Waals surface area contributed by atoms with E-state index in [1.54, 1.807) is 0 Å². The number of benzene rings is 1. The number of aromatic nitrogens is 4. The van der Waals surface area contributed by atoms with Gasteiger partial charge in [0.2, 0.25) is 11.7 Å². The van der Waals surface area contributed by atoms with Gasteiger partial charge in [-0.15, -0.1) is 0 Å². The fourth-order valence-corrected chi connectivity index (χ4v) is 3.57. The molecule has 172 valence electrons. The Labute approximate surface area is 189 Å². The van der Waals surface area contributed by atoms with E-state index in [2.05, 4.69) is 32.3 Å². The van der Waals surface area contributed by atoms with Gasteiger partial charge in [-0.05, 0) is 31.4 Å². The van der Waals surface area contributed by atoms with Gasteiger partial charge in [0.1, 0.15) is 12.2 Å². The molecule has 1 aliphatic heterocycles. The number of hydrogen-bond donors (Lipinski definition) is 4. The van der Waals surface area contributed by atoms with Crippen LogP contribution in [-0.4, -0.2) is 61.1 Å². The summed E-state index contributed by atoms with van der Waals surface area (Å²) in [6.07, 6.45) is -2.60. The van der Waals surface area contributed by atoms with Gasteiger partial charge in [-0.1, -0.05) is 23.6 Å². The number of imidazole rings is 1. The lowest BCUT2D eigenvalue weighted by atomic mass is 10.1. The molecule has 0 unspecified atom stereocenters. The fraction of sp³-hybridized carbons (Fsp3) is 0.364. The van der Waals surface area contributed by atoms with E-state index < -0.39 is 30.4 Å². The predicted octanol–water partition coefficient (Wildman–Crippen LogP) is 0.393. The van der Waals surface area contributed by atoms with Crippen LogP contribution in [0.3, 0.4) is 0 Å². The average molecular weight is 452 g/mol. The van der Waals surface area contributed by atoms with Crippen LogP contribution >= 0.6 is 0 Å². The maximum absolute atomic E-state index is 11.1. The Morgan fingerprint density at radius 2 is 2.00 bits per heavy atom. The Hall–Kier alpha value is -3.56. The van der Waals surface area contributed by atoms with Crippen LogP contribution < -0.4 is 11.2 Å². The van der Waals surface area contributed by atoms with Crippen molar-refractivity contribution in [3.8, 4) is 11.8 Å². The van der Waals surface area contributed by atoms with Gasteiger partial charge >= 0.3 is 0 Å². The van der Waals surface area contributed by atoms with Crippen molar-refractivity contribution in [2.75, 3.05) is 12.6 Å². The summed E-state index contributed by atoms with van der Waals surface area (Å²) in [5.74, 6) is 5.91. The Bertz CT molecular complexity index is 1220. The van der Waals surface area contributed by atoms with Crippen LogP contribution in [0.4, 0.5) is 5.82 Å². The van der Waals surface area contributed by atoms with E-state index in [9.17, 15) is 15.0 Å². The lowest BCUT2D eigenvalue weighted by molar-refractivity contribution is -0.119. The fourth-order valence-electron chi connectivity index (χ4n) is 3.57. The van der Waals surface area contributed by atoms with Crippen LogP contribution in [0.25, 0.3) is 11.2 Å². The molecule has 5 N–H and O–H groups in total. The number of aliphatic hydroxyl groups is 2. The van der Waals surface area contributed by atoms with Crippen molar-refractivity contribution in [2.24, 2.45) is 5.73 Å². The Morgan fingerprint density at radius 3 is 2.70 bits per heavy atom. The third kappa shape index (κ3) is 4.79. The molecule has 1 aliphatic rings. The first-order valence-corrected chi connectivity index (χ1v) is 10.3. The van der Waals surface area contributed by atoms with Gasteiger partial charge in [-0.2, -0.15) is 4.98 Å². The van der Waals surface area contributed by atoms with E-state index in [0.717, 1.165) is 11.1 Å². The van der Waals surface area contributed by atoms with Crippen molar-refractivity contribution in [3.63, 3.8) is 0 Å². The maximum atomic E-state index is 11.1. The molecular formula is C22H24N6O5. The molecule has 0 saturated carbocycles. The molecule has 0 radical (unpaired) electrons. The highest BCUT2D eigenvalue weighted by molar-refractivity contribution is 5.83. The van der Waals surface area contributed by atoms with Crippen molar-refractivity contribution >= 4 is 22.9 Å². The lowest BCUT2D eigenvalue weighted by Crippen LogP contribution is -2.32. The Morgan fingerprint density at radius 1 is 1.24 bits per heavy atom. The molecule has 11 heteroatoms. The van der Waals surface area contributed by atoms with E-state index >= 15 is 0 Å². The number of nitrogens with zero attached hydrogens (tertiary/aromatic N) is 4. The van der Waals surface area contributed by atoms with Crippen LogP contribution in [-0.2, 0) is 14.4 Å². The predicted molar refractivity (Wildman–Crippen MR) is 117 cm³/mol. The molecule has 1 saturated heterocycles. The first kappa shape index (κ1) is 22.6. The van der Waals surface area contributed by atoms with Crippen molar-refractivity contribution in [1.29, 1.82) is 0 Å². The highest BCUT2D eigenvalue weighted by Gasteiger charge is 2.44. The summed E-state index contributed by atoms with van der Waals surface area (Å²) in [6.45, 7) is 1.99. The number of hydrogen-bond acceptors (Lipinski definition) is 9. The van der Waals surface area contributed by atoms with Gasteiger partial charge in [0.15, 0.2) is 23.2 Å². The maximum Gasteiger partial charge on any atom is 0.217 e. The Kier molecular flexibility index (Phi) is 6.52. The number of fused-ring (bicyclic) bond motifs is 1. The summed E-state index contributed by atoms with van der Waals surface area (Å²) in [4.78, 5) is 29.3. The normalized spacial score (nSPS) is 22.2. The van der Waals surface area contributed by atoms with Crippen LogP contribution in [0.5, 0.6) is 0 Å². The average Bonchev–Trinajstić information content (AvgIpc) is 3.33. The van der Waals surface area contributed by atoms with Gasteiger partial charge in [0, 0.05) is 12.0 Å². The molecule has 1 aromatic carbocycles. The second kappa shape index (κ2) is 9.51. The number of aryl methyl sites for hydroxylation is 1. The largest absolute Gasteiger partial charge is 0.388 e. The summed E-state index contributed by atoms with van der Waals surface area (Å²) >= 11 is 0. The summed E-state index contributed by atoms with van der Waals surface area (Å²) < 4.78 is 7.33. The minimum atomic E-state index is -1.27. The number of amides is 1. The standard InChI is InChI=1S/C22H24N6O5/c1-12-3-5-13(6-4-12)7-10-16-25-20(27-32-2)17-21(26-16)28(11-24-17)22-19(31)18(30)14(33-22)8-9-15(23)29/h3-6,11,14,18-19,22,30-31H,8-9H2,1-2H3,(H2,23,29)(H,25,26,27)/t14-,18+,19+,22+/m0/s1. The summed E-state index contributed by atoms with van der Waals surface area (Å²) in [5, 5.41) is 21.0. The molecule has 1 amide bonds. The molecule has 11 nitrogen and oxygen atoms in total. The molecule has 1 fully saturated rings. The SMILES string of the molecule is CONc1nc(C#Cc2ccc(C)cc2)nc2c1ncn2[C@@H]1O[C@@H](CCC(N)=O)[C@@H](O)[C@H]1O. The first-order chi connectivity index (χ1) is 15.9. The van der Waals surface area contributed by atoms with Crippen LogP contribution in [0, 0.1) is 18.8 Å². The van der Waals surface area contributed by atoms with Gasteiger partial charge < -0.3 is 20.7 Å². The molecule has 4 atom stereocenters. The highest BCUT2D eigenvalue weighted by Crippen LogP contribution is 2.34. The molecule has 4 rings (SSSR count). The molecule has 0 bridgehead atoms. The zero-order chi connectivity index (χ0) is 23.5. The molecule has 0 spiro atoms. The number of nitrogens with two attached hydrogens (primary N) is 1. The van der Waals surface area contributed by atoms with E-state index in [-0.39, 0.29) is 24.5 Å². The number of carbonyl (C=O) groups excluding carboxylic acids is 1. The van der Waals surface area contributed by atoms with Gasteiger partial charge in [0.25, 0.3) is 0 Å². The second-order valence-corrected chi connectivity index (χ2v) is 7.69. The first-order valence-electron chi connectivity index (χ1n) is 10.3. The van der Waals surface area contributed by atoms with E-state index in [0.29, 0.717) is 11.2 Å². The zero-order valence-electron chi connectivity index (χ0n) is 18.1. The van der Waals surface area contributed by atoms with Crippen molar-refractivity contribution < 1.29 is 24.6 Å². The monoisotopic (exact) mass is 452 g/mol. The summed E-state index contributed by atoms with van der Waals surface area (Å²) in [5.41, 5.74) is 10.5. The number of ether oxygens (including phenoxy) is 1. The smallest absolute Gasteiger partial charge is 0.217 e. The second-order valence-electron chi connectivity index (χ2n) is 7.69. The van der Waals surface area contributed by atoms with Crippen molar-refractivity contribution in [1.82, 2.24) is 19.5 Å². The number of anilines is 1. The minimum absolute atomic E-state index is 0.0225. The van der Waals surface area contributed by atoms with Gasteiger partial charge in [-0.25, -0.2) is 15.4 Å². The third-order valence-corrected chi connectivity index (χ3v) is 5.28. The Balaban J connectivity index is 1.70. The van der Waals surface area contributed by atoms with Gasteiger partial charge in [-0.3, -0.25) is 14.2 Å². The summed E-state index contributed by atoms with van der Waals surface area (Å²) in [7, 11) is 1.44. The molecule has 33 heavy (non-hydrogen) atoms. The molecule has 0 aliphatic carbocycles. The number of aliphatic hydroxyl groups excluding tert-OH is 2. The van der Waals surface area contributed by atoms with Crippen LogP contribution in [0.1, 0.15) is 36.0 Å². The lowest BCUT2D eigenvalue weighted by Gasteiger charge is -2.16. The van der Waals surface area contributed by atoms with Crippen molar-refractivity contribution in [3.05, 3.63) is 47.5 Å². The molecule has 2 aromatic heterocycles. The zero-order valence-corrected chi connectivity index (χ0v) is 18.1.